The second kappa shape index (κ2) is 4.82. The number of carbonyl (C=O) groups excluding carboxylic acids is 1. The number of rotatable bonds is 2. The number of hydrogen-bond donors (Lipinski definition) is 1. The molecule has 1 aliphatic rings. The van der Waals surface area contributed by atoms with Gasteiger partial charge in [0.05, 0.1) is 5.33 Å². The SMILES string of the molecule is O=C(CBr)N1CCCC(CO)C1. The first-order valence-corrected chi connectivity index (χ1v) is 5.34. The number of amides is 1. The van der Waals surface area contributed by atoms with Gasteiger partial charge in [0.1, 0.15) is 0 Å². The first kappa shape index (κ1) is 9.99. The van der Waals surface area contributed by atoms with Gasteiger partial charge in [-0.2, -0.15) is 0 Å². The Kier molecular flexibility index (Phi) is 4.01. The monoisotopic (exact) mass is 235 g/mol. The third-order valence-electron chi connectivity index (χ3n) is 2.24. The van der Waals surface area contributed by atoms with Crippen LogP contribution in [0.15, 0.2) is 0 Å². The Labute approximate surface area is 80.9 Å². The number of carbonyl (C=O) groups is 1. The predicted octanol–water partition coefficient (Wildman–Crippen LogP) is 0.612. The van der Waals surface area contributed by atoms with Crippen molar-refractivity contribution in [2.75, 3.05) is 25.0 Å². The highest BCUT2D eigenvalue weighted by Crippen LogP contribution is 2.15. The highest BCUT2D eigenvalue weighted by atomic mass is 79.9. The molecular weight excluding hydrogens is 222 g/mol. The van der Waals surface area contributed by atoms with Crippen LogP contribution in [0.25, 0.3) is 0 Å². The van der Waals surface area contributed by atoms with Crippen molar-refractivity contribution in [3.05, 3.63) is 0 Å². The largest absolute Gasteiger partial charge is 0.396 e. The molecule has 1 fully saturated rings. The van der Waals surface area contributed by atoms with Gasteiger partial charge >= 0.3 is 0 Å². The molecule has 0 aliphatic carbocycles. The lowest BCUT2D eigenvalue weighted by atomic mass is 9.99. The Balaban J connectivity index is 2.40. The molecule has 1 atom stereocenters. The molecule has 0 aromatic heterocycles. The summed E-state index contributed by atoms with van der Waals surface area (Å²) >= 11 is 3.14. The van der Waals surface area contributed by atoms with E-state index in [1.165, 1.54) is 0 Å². The fraction of sp³-hybridized carbons (Fsp3) is 0.875. The maximum Gasteiger partial charge on any atom is 0.233 e. The Bertz CT molecular complexity index is 163. The summed E-state index contributed by atoms with van der Waals surface area (Å²) in [4.78, 5) is 13.0. The fourth-order valence-electron chi connectivity index (χ4n) is 1.53. The summed E-state index contributed by atoms with van der Waals surface area (Å²) in [5.74, 6) is 0.426. The molecule has 1 saturated heterocycles. The molecule has 1 heterocycles. The molecule has 0 aromatic carbocycles. The average molecular weight is 236 g/mol. The summed E-state index contributed by atoms with van der Waals surface area (Å²) in [7, 11) is 0. The predicted molar refractivity (Wildman–Crippen MR) is 50.2 cm³/mol. The number of aliphatic hydroxyl groups is 1. The van der Waals surface area contributed by atoms with Gasteiger partial charge in [0, 0.05) is 19.7 Å². The molecule has 4 heteroatoms. The lowest BCUT2D eigenvalue weighted by Crippen LogP contribution is -2.41. The Hall–Kier alpha value is -0.0900. The van der Waals surface area contributed by atoms with Crippen molar-refractivity contribution in [1.29, 1.82) is 0 Å². The lowest BCUT2D eigenvalue weighted by molar-refractivity contribution is -0.130. The summed E-state index contributed by atoms with van der Waals surface area (Å²) in [6, 6.07) is 0. The van der Waals surface area contributed by atoms with E-state index >= 15 is 0 Å². The molecule has 3 nitrogen and oxygen atoms in total. The quantitative estimate of drug-likeness (QED) is 0.714. The van der Waals surface area contributed by atoms with E-state index in [0.717, 1.165) is 25.9 Å². The summed E-state index contributed by atoms with van der Waals surface area (Å²) in [5, 5.41) is 9.31. The second-order valence-electron chi connectivity index (χ2n) is 3.16. The van der Waals surface area contributed by atoms with Gasteiger partial charge in [0.15, 0.2) is 0 Å². The van der Waals surface area contributed by atoms with Gasteiger partial charge in [0.25, 0.3) is 0 Å². The van der Waals surface area contributed by atoms with Gasteiger partial charge in [-0.05, 0) is 18.8 Å². The fourth-order valence-corrected chi connectivity index (χ4v) is 1.88. The summed E-state index contributed by atoms with van der Waals surface area (Å²) in [6.45, 7) is 1.77. The van der Waals surface area contributed by atoms with E-state index < -0.39 is 0 Å². The highest BCUT2D eigenvalue weighted by Gasteiger charge is 2.21. The van der Waals surface area contributed by atoms with Crippen molar-refractivity contribution < 1.29 is 9.90 Å². The van der Waals surface area contributed by atoms with Crippen LogP contribution in [0.2, 0.25) is 0 Å². The van der Waals surface area contributed by atoms with Crippen LogP contribution in [0.1, 0.15) is 12.8 Å². The number of nitrogens with zero attached hydrogens (tertiary/aromatic N) is 1. The van der Waals surface area contributed by atoms with E-state index in [1.54, 1.807) is 0 Å². The topological polar surface area (TPSA) is 40.5 Å². The number of aliphatic hydroxyl groups excluding tert-OH is 1. The van der Waals surface area contributed by atoms with Crippen LogP contribution >= 0.6 is 15.9 Å². The summed E-state index contributed by atoms with van der Waals surface area (Å²) in [5.41, 5.74) is 0. The second-order valence-corrected chi connectivity index (χ2v) is 3.72. The van der Waals surface area contributed by atoms with Crippen LogP contribution in [-0.2, 0) is 4.79 Å². The van der Waals surface area contributed by atoms with E-state index in [9.17, 15) is 4.79 Å². The molecule has 1 aliphatic heterocycles. The van der Waals surface area contributed by atoms with Crippen molar-refractivity contribution in [2.45, 2.75) is 12.8 Å². The summed E-state index contributed by atoms with van der Waals surface area (Å²) < 4.78 is 0. The molecule has 12 heavy (non-hydrogen) atoms. The van der Waals surface area contributed by atoms with Crippen LogP contribution in [0, 0.1) is 5.92 Å². The minimum atomic E-state index is 0.133. The van der Waals surface area contributed by atoms with Crippen LogP contribution in [0.5, 0.6) is 0 Å². The number of halogens is 1. The van der Waals surface area contributed by atoms with Gasteiger partial charge < -0.3 is 10.0 Å². The molecule has 1 rings (SSSR count). The molecule has 0 bridgehead atoms. The van der Waals surface area contributed by atoms with Crippen molar-refractivity contribution in [2.24, 2.45) is 5.92 Å². The van der Waals surface area contributed by atoms with Crippen LogP contribution in [0.3, 0.4) is 0 Å². The number of hydrogen-bond acceptors (Lipinski definition) is 2. The lowest BCUT2D eigenvalue weighted by Gasteiger charge is -2.31. The van der Waals surface area contributed by atoms with E-state index in [4.69, 9.17) is 5.11 Å². The van der Waals surface area contributed by atoms with E-state index in [-0.39, 0.29) is 12.5 Å². The third kappa shape index (κ3) is 2.45. The van der Waals surface area contributed by atoms with Crippen molar-refractivity contribution in [3.63, 3.8) is 0 Å². The zero-order chi connectivity index (χ0) is 8.97. The van der Waals surface area contributed by atoms with Crippen LogP contribution in [-0.4, -0.2) is 40.9 Å². The van der Waals surface area contributed by atoms with Crippen molar-refractivity contribution in [1.82, 2.24) is 4.90 Å². The molecule has 1 amide bonds. The highest BCUT2D eigenvalue weighted by molar-refractivity contribution is 9.09. The molecule has 0 radical (unpaired) electrons. The maximum absolute atomic E-state index is 11.2. The van der Waals surface area contributed by atoms with Crippen LogP contribution < -0.4 is 0 Å². The molecule has 0 spiro atoms. The van der Waals surface area contributed by atoms with Crippen molar-refractivity contribution in [3.8, 4) is 0 Å². The van der Waals surface area contributed by atoms with E-state index in [1.807, 2.05) is 4.90 Å². The molecule has 1 N–H and O–H groups in total. The van der Waals surface area contributed by atoms with Crippen LogP contribution in [0.4, 0.5) is 0 Å². The smallest absolute Gasteiger partial charge is 0.233 e. The average Bonchev–Trinajstić information content (AvgIpc) is 2.17. The Morgan fingerprint density at radius 3 is 3.00 bits per heavy atom. The normalized spacial score (nSPS) is 24.2. The number of likely N-dealkylation sites (tertiary alicyclic amines) is 1. The maximum atomic E-state index is 11.2. The first-order chi connectivity index (χ1) is 5.77. The number of piperidine rings is 1. The van der Waals surface area contributed by atoms with Gasteiger partial charge in [-0.25, -0.2) is 0 Å². The third-order valence-corrected chi connectivity index (χ3v) is 2.72. The molecule has 0 aromatic rings. The van der Waals surface area contributed by atoms with Gasteiger partial charge in [-0.1, -0.05) is 15.9 Å². The minimum Gasteiger partial charge on any atom is -0.396 e. The van der Waals surface area contributed by atoms with E-state index in [0.29, 0.717) is 11.2 Å². The Morgan fingerprint density at radius 2 is 2.42 bits per heavy atom. The molecule has 70 valence electrons. The van der Waals surface area contributed by atoms with Gasteiger partial charge in [0.2, 0.25) is 5.91 Å². The van der Waals surface area contributed by atoms with Gasteiger partial charge in [-0.3, -0.25) is 4.79 Å². The summed E-state index contributed by atoms with van der Waals surface area (Å²) in [6.07, 6.45) is 2.06. The standard InChI is InChI=1S/C8H14BrNO2/c9-4-8(12)10-3-1-2-7(5-10)6-11/h7,11H,1-6H2. The van der Waals surface area contributed by atoms with Gasteiger partial charge in [-0.15, -0.1) is 0 Å². The zero-order valence-electron chi connectivity index (χ0n) is 7.00. The molecule has 1 unspecified atom stereocenters. The molecular formula is C8H14BrNO2. The minimum absolute atomic E-state index is 0.133. The molecule has 0 saturated carbocycles. The first-order valence-electron chi connectivity index (χ1n) is 4.22. The van der Waals surface area contributed by atoms with E-state index in [2.05, 4.69) is 15.9 Å². The zero-order valence-corrected chi connectivity index (χ0v) is 8.59. The van der Waals surface area contributed by atoms with Crippen molar-refractivity contribution >= 4 is 21.8 Å². The Morgan fingerprint density at radius 1 is 1.67 bits per heavy atom. The number of alkyl halides is 1.